The summed E-state index contributed by atoms with van der Waals surface area (Å²) in [4.78, 5) is 4.52. The van der Waals surface area contributed by atoms with Crippen molar-refractivity contribution in [2.75, 3.05) is 6.61 Å². The summed E-state index contributed by atoms with van der Waals surface area (Å²) in [5.74, 6) is 1.38. The first kappa shape index (κ1) is 19.3. The van der Waals surface area contributed by atoms with Crippen LogP contribution in [0.5, 0.6) is 5.88 Å². The fraction of sp³-hybridized carbons (Fsp3) is 0.381. The first-order valence-electron chi connectivity index (χ1n) is 8.69. The molecule has 0 spiro atoms. The van der Waals surface area contributed by atoms with E-state index >= 15 is 0 Å². The molecule has 1 aromatic carbocycles. The fourth-order valence-corrected chi connectivity index (χ4v) is 3.02. The molecule has 4 heteroatoms. The van der Waals surface area contributed by atoms with Crippen molar-refractivity contribution in [2.24, 2.45) is 5.92 Å². The zero-order valence-electron chi connectivity index (χ0n) is 15.5. The maximum Gasteiger partial charge on any atom is 0.238 e. The summed E-state index contributed by atoms with van der Waals surface area (Å²) in [5.41, 5.74) is 4.97. The summed E-state index contributed by atoms with van der Waals surface area (Å²) in [6.45, 7) is 10.3. The smallest absolute Gasteiger partial charge is 0.238 e. The Hall–Kier alpha value is -2.00. The van der Waals surface area contributed by atoms with Gasteiger partial charge >= 0.3 is 0 Å². The number of pyridine rings is 1. The molecular weight excluding hydrogens is 332 g/mol. The van der Waals surface area contributed by atoms with Crippen molar-refractivity contribution < 1.29 is 4.74 Å². The van der Waals surface area contributed by atoms with Gasteiger partial charge in [0.1, 0.15) is 5.52 Å². The number of hydrogen-bond donors (Lipinski definition) is 0. The number of hydrogen-bond acceptors (Lipinski definition) is 2. The van der Waals surface area contributed by atoms with E-state index in [2.05, 4.69) is 73.6 Å². The molecule has 0 atom stereocenters. The number of ether oxygens (including phenoxy) is 1. The van der Waals surface area contributed by atoms with Gasteiger partial charge in [0.25, 0.3) is 0 Å². The number of nitrogens with zero attached hydrogens (tertiary/aromatic N) is 2. The van der Waals surface area contributed by atoms with Gasteiger partial charge in [0.2, 0.25) is 5.88 Å². The Kier molecular flexibility index (Phi) is 6.49. The van der Waals surface area contributed by atoms with Crippen molar-refractivity contribution in [3.63, 3.8) is 0 Å². The molecule has 0 aliphatic rings. The van der Waals surface area contributed by atoms with Gasteiger partial charge in [-0.1, -0.05) is 44.2 Å². The monoisotopic (exact) mass is 358 g/mol. The average molecular weight is 359 g/mol. The van der Waals surface area contributed by atoms with E-state index in [0.717, 1.165) is 24.4 Å². The molecule has 0 radical (unpaired) electrons. The molecule has 0 aliphatic heterocycles. The van der Waals surface area contributed by atoms with E-state index in [1.165, 1.54) is 22.2 Å². The highest BCUT2D eigenvalue weighted by Gasteiger charge is 2.16. The summed E-state index contributed by atoms with van der Waals surface area (Å²) in [6, 6.07) is 12.6. The topological polar surface area (TPSA) is 27.1 Å². The second-order valence-electron chi connectivity index (χ2n) is 6.83. The zero-order valence-corrected chi connectivity index (χ0v) is 16.3. The van der Waals surface area contributed by atoms with Crippen LogP contribution in [-0.4, -0.2) is 16.2 Å². The Morgan fingerprint density at radius 2 is 1.80 bits per heavy atom. The predicted octanol–water partition coefficient (Wildman–Crippen LogP) is 5.55. The van der Waals surface area contributed by atoms with Gasteiger partial charge in [-0.2, -0.15) is 0 Å². The van der Waals surface area contributed by atoms with Gasteiger partial charge in [-0.3, -0.25) is 0 Å². The van der Waals surface area contributed by atoms with Gasteiger partial charge in [-0.15, -0.1) is 12.4 Å². The lowest BCUT2D eigenvalue weighted by molar-refractivity contribution is 0.281. The predicted molar refractivity (Wildman–Crippen MR) is 107 cm³/mol. The van der Waals surface area contributed by atoms with Crippen LogP contribution in [0, 0.1) is 19.8 Å². The Balaban J connectivity index is 0.00000225. The maximum absolute atomic E-state index is 6.04. The Morgan fingerprint density at radius 3 is 2.48 bits per heavy atom. The van der Waals surface area contributed by atoms with Crippen molar-refractivity contribution in [1.82, 2.24) is 9.55 Å². The van der Waals surface area contributed by atoms with E-state index in [1.54, 1.807) is 0 Å². The number of fused-ring (bicyclic) bond motifs is 1. The van der Waals surface area contributed by atoms with E-state index in [-0.39, 0.29) is 12.4 Å². The molecule has 2 heterocycles. The summed E-state index contributed by atoms with van der Waals surface area (Å²) >= 11 is 0. The lowest BCUT2D eigenvalue weighted by atomic mass is 10.1. The third-order valence-electron chi connectivity index (χ3n) is 4.63. The minimum atomic E-state index is 0. The standard InChI is InChI=1S/C21H26N2O.ClH/c1-15(2)11-13-24-21-20-19(10-12-22-21)16(3)17(4)23(20)14-18-8-6-5-7-9-18;/h5-10,12,15H,11,13-14H2,1-4H3;1H. The van der Waals surface area contributed by atoms with Crippen LogP contribution >= 0.6 is 12.4 Å². The number of aromatic nitrogens is 2. The van der Waals surface area contributed by atoms with Gasteiger partial charge in [0.15, 0.2) is 0 Å². The molecule has 134 valence electrons. The Morgan fingerprint density at radius 1 is 1.08 bits per heavy atom. The molecule has 3 nitrogen and oxygen atoms in total. The molecule has 0 amide bonds. The van der Waals surface area contributed by atoms with Crippen LogP contribution in [-0.2, 0) is 6.54 Å². The van der Waals surface area contributed by atoms with Crippen molar-refractivity contribution in [2.45, 2.75) is 40.7 Å². The largest absolute Gasteiger partial charge is 0.476 e. The van der Waals surface area contributed by atoms with Crippen LogP contribution in [0.2, 0.25) is 0 Å². The average Bonchev–Trinajstić information content (AvgIpc) is 2.81. The molecule has 0 N–H and O–H groups in total. The lowest BCUT2D eigenvalue weighted by Gasteiger charge is -2.12. The zero-order chi connectivity index (χ0) is 17.1. The lowest BCUT2D eigenvalue weighted by Crippen LogP contribution is -2.06. The molecule has 3 rings (SSSR count). The maximum atomic E-state index is 6.04. The van der Waals surface area contributed by atoms with Crippen LogP contribution in [0.3, 0.4) is 0 Å². The highest BCUT2D eigenvalue weighted by molar-refractivity contribution is 5.89. The van der Waals surface area contributed by atoms with E-state index < -0.39 is 0 Å². The highest BCUT2D eigenvalue weighted by atomic mass is 35.5. The minimum Gasteiger partial charge on any atom is -0.476 e. The summed E-state index contributed by atoms with van der Waals surface area (Å²) in [7, 11) is 0. The molecule has 2 aromatic heterocycles. The first-order chi connectivity index (χ1) is 11.6. The van der Waals surface area contributed by atoms with Gasteiger partial charge in [0.05, 0.1) is 6.61 Å². The van der Waals surface area contributed by atoms with Crippen LogP contribution in [0.1, 0.15) is 37.1 Å². The van der Waals surface area contributed by atoms with Crippen molar-refractivity contribution in [3.05, 3.63) is 59.4 Å². The Bertz CT molecular complexity index is 825. The molecule has 3 aromatic rings. The molecule has 0 saturated carbocycles. The summed E-state index contributed by atoms with van der Waals surface area (Å²) in [5, 5.41) is 1.23. The van der Waals surface area contributed by atoms with Crippen molar-refractivity contribution in [1.29, 1.82) is 0 Å². The third kappa shape index (κ3) is 4.16. The molecule has 0 unspecified atom stereocenters. The quantitative estimate of drug-likeness (QED) is 0.577. The van der Waals surface area contributed by atoms with Crippen LogP contribution in [0.15, 0.2) is 42.6 Å². The molecule has 0 saturated heterocycles. The van der Waals surface area contributed by atoms with E-state index in [0.29, 0.717) is 12.5 Å². The van der Waals surface area contributed by atoms with Crippen LogP contribution in [0.4, 0.5) is 0 Å². The number of benzene rings is 1. The van der Waals surface area contributed by atoms with Crippen LogP contribution in [0.25, 0.3) is 10.9 Å². The van der Waals surface area contributed by atoms with Crippen molar-refractivity contribution >= 4 is 23.3 Å². The minimum absolute atomic E-state index is 0. The molecule has 0 bridgehead atoms. The first-order valence-corrected chi connectivity index (χ1v) is 8.69. The van der Waals surface area contributed by atoms with Gasteiger partial charge < -0.3 is 9.30 Å². The number of halogens is 1. The van der Waals surface area contributed by atoms with Gasteiger partial charge in [-0.25, -0.2) is 4.98 Å². The van der Waals surface area contributed by atoms with E-state index in [1.807, 2.05) is 6.20 Å². The summed E-state index contributed by atoms with van der Waals surface area (Å²) in [6.07, 6.45) is 2.89. The van der Waals surface area contributed by atoms with Crippen LogP contribution < -0.4 is 4.74 Å². The second kappa shape index (κ2) is 8.39. The molecule has 0 fully saturated rings. The van der Waals surface area contributed by atoms with Gasteiger partial charge in [0, 0.05) is 23.8 Å². The summed E-state index contributed by atoms with van der Waals surface area (Å²) < 4.78 is 8.38. The van der Waals surface area contributed by atoms with Crippen molar-refractivity contribution in [3.8, 4) is 5.88 Å². The van der Waals surface area contributed by atoms with E-state index in [9.17, 15) is 0 Å². The molecule has 0 aliphatic carbocycles. The third-order valence-corrected chi connectivity index (χ3v) is 4.63. The molecular formula is C21H27ClN2O. The fourth-order valence-electron chi connectivity index (χ4n) is 3.02. The molecule has 25 heavy (non-hydrogen) atoms. The number of aryl methyl sites for hydroxylation is 1. The second-order valence-corrected chi connectivity index (χ2v) is 6.83. The van der Waals surface area contributed by atoms with E-state index in [4.69, 9.17) is 4.74 Å². The Labute approximate surface area is 156 Å². The highest BCUT2D eigenvalue weighted by Crippen LogP contribution is 2.31. The normalized spacial score (nSPS) is 10.9. The SMILES string of the molecule is Cc1c(C)n(Cc2ccccc2)c2c(OCCC(C)C)nccc12.Cl. The number of rotatable bonds is 6. The van der Waals surface area contributed by atoms with Gasteiger partial charge in [-0.05, 0) is 43.4 Å².